The van der Waals surface area contributed by atoms with Gasteiger partial charge in [0.1, 0.15) is 6.54 Å². The average Bonchev–Trinajstić information content (AvgIpc) is 2.86. The normalized spacial score (nSPS) is 10.5. The highest BCUT2D eigenvalue weighted by atomic mass is 16.5. The van der Waals surface area contributed by atoms with Crippen LogP contribution < -0.4 is 11.3 Å². The second-order valence-electron chi connectivity index (χ2n) is 3.74. The highest BCUT2D eigenvalue weighted by Gasteiger charge is 2.12. The van der Waals surface area contributed by atoms with Crippen molar-refractivity contribution in [2.24, 2.45) is 5.84 Å². The fraction of sp³-hybridized carbons (Fsp3) is 0.300. The summed E-state index contributed by atoms with van der Waals surface area (Å²) in [5.74, 6) is 5.07. The fourth-order valence-corrected chi connectivity index (χ4v) is 1.55. The lowest BCUT2D eigenvalue weighted by Gasteiger charge is -1.99. The number of nitrogen functional groups attached to an aromatic ring is 1. The van der Waals surface area contributed by atoms with Crippen molar-refractivity contribution in [3.05, 3.63) is 35.0 Å². The summed E-state index contributed by atoms with van der Waals surface area (Å²) in [6.07, 6.45) is 0. The minimum atomic E-state index is -0.478. The third-order valence-corrected chi connectivity index (χ3v) is 2.33. The molecule has 0 saturated heterocycles. The largest absolute Gasteiger partial charge is 0.359 e. The lowest BCUT2D eigenvalue weighted by atomic mass is 10.3. The number of rotatable bonds is 3. The van der Waals surface area contributed by atoms with Crippen LogP contribution in [0.25, 0.3) is 0 Å². The smallest absolute Gasteiger partial charge is 0.287 e. The summed E-state index contributed by atoms with van der Waals surface area (Å²) in [7, 11) is 0. The number of aryl methyl sites for hydroxylation is 2. The Labute approximate surface area is 97.5 Å². The van der Waals surface area contributed by atoms with Gasteiger partial charge in [-0.1, -0.05) is 5.16 Å². The van der Waals surface area contributed by atoms with Gasteiger partial charge < -0.3 is 4.52 Å². The predicted molar refractivity (Wildman–Crippen MR) is 59.0 cm³/mol. The van der Waals surface area contributed by atoms with Gasteiger partial charge in [-0.15, -0.1) is 0 Å². The maximum Gasteiger partial charge on any atom is 0.287 e. The van der Waals surface area contributed by atoms with E-state index in [1.165, 1.54) is 0 Å². The van der Waals surface area contributed by atoms with Crippen LogP contribution in [-0.4, -0.2) is 20.8 Å². The zero-order valence-electron chi connectivity index (χ0n) is 9.60. The third-order valence-electron chi connectivity index (χ3n) is 2.33. The first-order chi connectivity index (χ1) is 8.10. The number of carbonyl (C=O) groups excluding carboxylic acids is 1. The van der Waals surface area contributed by atoms with Crippen LogP contribution in [0.1, 0.15) is 27.6 Å². The third kappa shape index (κ3) is 2.34. The molecule has 1 amide bonds. The summed E-state index contributed by atoms with van der Waals surface area (Å²) in [4.78, 5) is 11.2. The topological polar surface area (TPSA) is 99.0 Å². The molecule has 0 aromatic carbocycles. The Hall–Kier alpha value is -2.15. The highest BCUT2D eigenvalue weighted by Crippen LogP contribution is 2.08. The molecule has 0 aliphatic rings. The van der Waals surface area contributed by atoms with Gasteiger partial charge in [0.15, 0.2) is 11.5 Å². The van der Waals surface area contributed by atoms with Gasteiger partial charge in [-0.25, -0.2) is 5.84 Å². The van der Waals surface area contributed by atoms with Gasteiger partial charge in [0.05, 0.1) is 5.69 Å². The monoisotopic (exact) mass is 235 g/mol. The molecule has 7 nitrogen and oxygen atoms in total. The van der Waals surface area contributed by atoms with E-state index >= 15 is 0 Å². The molecule has 2 heterocycles. The number of carbonyl (C=O) groups is 1. The number of hydrazine groups is 1. The quantitative estimate of drug-likeness (QED) is 0.448. The summed E-state index contributed by atoms with van der Waals surface area (Å²) in [6, 6.07) is 3.50. The molecule has 17 heavy (non-hydrogen) atoms. The fourth-order valence-electron chi connectivity index (χ4n) is 1.55. The first-order valence-corrected chi connectivity index (χ1v) is 5.07. The van der Waals surface area contributed by atoms with Crippen LogP contribution in [0.5, 0.6) is 0 Å². The molecule has 0 radical (unpaired) electrons. The van der Waals surface area contributed by atoms with Crippen LogP contribution >= 0.6 is 0 Å². The first-order valence-electron chi connectivity index (χ1n) is 5.07. The molecule has 0 fully saturated rings. The van der Waals surface area contributed by atoms with Crippen molar-refractivity contribution in [3.63, 3.8) is 0 Å². The Bertz CT molecular complexity index is 543. The molecule has 0 unspecified atom stereocenters. The van der Waals surface area contributed by atoms with Crippen molar-refractivity contribution in [3.8, 4) is 0 Å². The molecule has 0 bridgehead atoms. The standard InChI is InChI=1S/C10H13N5O2/c1-6-3-7(2)15(13-6)5-8-4-9(14-17-8)10(16)12-11/h3-4H,5,11H2,1-2H3,(H,12,16). The molecule has 2 aromatic heterocycles. The number of amides is 1. The van der Waals surface area contributed by atoms with Crippen LogP contribution in [0.3, 0.4) is 0 Å². The van der Waals surface area contributed by atoms with Gasteiger partial charge in [0, 0.05) is 11.8 Å². The Morgan fingerprint density at radius 1 is 1.53 bits per heavy atom. The maximum absolute atomic E-state index is 11.2. The molecule has 2 rings (SSSR count). The van der Waals surface area contributed by atoms with Gasteiger partial charge in [-0.2, -0.15) is 5.10 Å². The van der Waals surface area contributed by atoms with Crippen LogP contribution in [0.4, 0.5) is 0 Å². The molecule has 7 heteroatoms. The molecule has 0 aliphatic carbocycles. The highest BCUT2D eigenvalue weighted by molar-refractivity contribution is 5.91. The number of hydrogen-bond acceptors (Lipinski definition) is 5. The van der Waals surface area contributed by atoms with E-state index in [9.17, 15) is 4.79 Å². The number of nitrogens with zero attached hydrogens (tertiary/aromatic N) is 3. The van der Waals surface area contributed by atoms with Gasteiger partial charge in [-0.3, -0.25) is 14.9 Å². The molecular weight excluding hydrogens is 222 g/mol. The summed E-state index contributed by atoms with van der Waals surface area (Å²) in [5.41, 5.74) is 4.10. The van der Waals surface area contributed by atoms with Crippen LogP contribution in [-0.2, 0) is 6.54 Å². The minimum Gasteiger partial charge on any atom is -0.359 e. The van der Waals surface area contributed by atoms with Gasteiger partial charge in [-0.05, 0) is 19.9 Å². The van der Waals surface area contributed by atoms with E-state index in [1.807, 2.05) is 25.3 Å². The summed E-state index contributed by atoms with van der Waals surface area (Å²) in [5, 5.41) is 7.89. The SMILES string of the molecule is Cc1cc(C)n(Cc2cc(C(=O)NN)no2)n1. The molecule has 2 aromatic rings. The molecule has 3 N–H and O–H groups in total. The zero-order chi connectivity index (χ0) is 12.4. The van der Waals surface area contributed by atoms with Crippen molar-refractivity contribution in [1.29, 1.82) is 0 Å². The zero-order valence-corrected chi connectivity index (χ0v) is 9.60. The van der Waals surface area contributed by atoms with Crippen LogP contribution in [0.2, 0.25) is 0 Å². The van der Waals surface area contributed by atoms with E-state index in [1.54, 1.807) is 10.7 Å². The van der Waals surface area contributed by atoms with E-state index in [4.69, 9.17) is 10.4 Å². The first kappa shape index (κ1) is 11.3. The lowest BCUT2D eigenvalue weighted by molar-refractivity contribution is 0.0944. The second-order valence-corrected chi connectivity index (χ2v) is 3.74. The summed E-state index contributed by atoms with van der Waals surface area (Å²) in [6.45, 7) is 4.30. The second kappa shape index (κ2) is 4.38. The molecule has 0 spiro atoms. The number of nitrogens with two attached hydrogens (primary N) is 1. The van der Waals surface area contributed by atoms with Crippen molar-refractivity contribution < 1.29 is 9.32 Å². The van der Waals surface area contributed by atoms with Crippen molar-refractivity contribution in [1.82, 2.24) is 20.4 Å². The molecule has 90 valence electrons. The minimum absolute atomic E-state index is 0.157. The summed E-state index contributed by atoms with van der Waals surface area (Å²) < 4.78 is 6.81. The number of aromatic nitrogens is 3. The van der Waals surface area contributed by atoms with Crippen molar-refractivity contribution in [2.75, 3.05) is 0 Å². The molecule has 0 saturated carbocycles. The van der Waals surface area contributed by atoms with E-state index in [0.29, 0.717) is 12.3 Å². The number of nitrogens with one attached hydrogen (secondary N) is 1. The maximum atomic E-state index is 11.2. The Morgan fingerprint density at radius 3 is 2.88 bits per heavy atom. The Kier molecular flexibility index (Phi) is 2.92. The van der Waals surface area contributed by atoms with Crippen LogP contribution in [0.15, 0.2) is 16.7 Å². The van der Waals surface area contributed by atoms with E-state index in [2.05, 4.69) is 10.3 Å². The predicted octanol–water partition coefficient (Wildman–Crippen LogP) is 0.140. The number of hydrogen-bond donors (Lipinski definition) is 2. The molecular formula is C10H13N5O2. The average molecular weight is 235 g/mol. The lowest BCUT2D eigenvalue weighted by Crippen LogP contribution is -2.30. The van der Waals surface area contributed by atoms with Crippen LogP contribution in [0, 0.1) is 13.8 Å². The van der Waals surface area contributed by atoms with Gasteiger partial charge in [0.25, 0.3) is 5.91 Å². The van der Waals surface area contributed by atoms with Gasteiger partial charge in [0.2, 0.25) is 0 Å². The van der Waals surface area contributed by atoms with E-state index < -0.39 is 5.91 Å². The van der Waals surface area contributed by atoms with E-state index in [-0.39, 0.29) is 5.69 Å². The molecule has 0 atom stereocenters. The Morgan fingerprint density at radius 2 is 2.29 bits per heavy atom. The Balaban J connectivity index is 2.17. The van der Waals surface area contributed by atoms with E-state index in [0.717, 1.165) is 11.4 Å². The van der Waals surface area contributed by atoms with Crippen molar-refractivity contribution >= 4 is 5.91 Å². The molecule has 0 aliphatic heterocycles. The van der Waals surface area contributed by atoms with Gasteiger partial charge >= 0.3 is 0 Å². The van der Waals surface area contributed by atoms with Crippen molar-refractivity contribution in [2.45, 2.75) is 20.4 Å². The summed E-state index contributed by atoms with van der Waals surface area (Å²) >= 11 is 0.